The number of guanidine groups is 1. The molecule has 0 saturated carbocycles. The molecule has 0 radical (unpaired) electrons. The molecule has 0 unspecified atom stereocenters. The Balaban J connectivity index is 1.76. The second-order valence-electron chi connectivity index (χ2n) is 5.98. The summed E-state index contributed by atoms with van der Waals surface area (Å²) in [5.41, 5.74) is 3.45. The van der Waals surface area contributed by atoms with E-state index in [4.69, 9.17) is 0 Å². The predicted octanol–water partition coefficient (Wildman–Crippen LogP) is 4.04. The second kappa shape index (κ2) is 9.29. The highest BCUT2D eigenvalue weighted by Gasteiger charge is 2.09. The third-order valence-electron chi connectivity index (χ3n) is 4.02. The van der Waals surface area contributed by atoms with Crippen molar-refractivity contribution in [2.75, 3.05) is 5.32 Å². The Morgan fingerprint density at radius 1 is 0.963 bits per heavy atom. The van der Waals surface area contributed by atoms with Gasteiger partial charge in [0.15, 0.2) is 0 Å². The van der Waals surface area contributed by atoms with Gasteiger partial charge in [-0.05, 0) is 48.4 Å². The molecule has 1 amide bonds. The Morgan fingerprint density at radius 3 is 2.37 bits per heavy atom. The highest BCUT2D eigenvalue weighted by molar-refractivity contribution is 6.09. The SMILES string of the molecule is CCc1ccc(C(=O)NC(=NCc2ccccn2)Nc2ccccc2)cc1. The fourth-order valence-electron chi connectivity index (χ4n) is 2.49. The normalized spacial score (nSPS) is 11.1. The highest BCUT2D eigenvalue weighted by atomic mass is 16.1. The first-order chi connectivity index (χ1) is 13.2. The van der Waals surface area contributed by atoms with Crippen LogP contribution in [0.4, 0.5) is 5.69 Å². The fourth-order valence-corrected chi connectivity index (χ4v) is 2.49. The van der Waals surface area contributed by atoms with Crippen LogP contribution in [0.25, 0.3) is 0 Å². The number of aliphatic imine (C=N–C) groups is 1. The van der Waals surface area contributed by atoms with E-state index in [1.807, 2.05) is 72.8 Å². The zero-order chi connectivity index (χ0) is 18.9. The van der Waals surface area contributed by atoms with Gasteiger partial charge in [0.05, 0.1) is 12.2 Å². The van der Waals surface area contributed by atoms with E-state index >= 15 is 0 Å². The Kier molecular flexibility index (Phi) is 6.30. The topological polar surface area (TPSA) is 66.4 Å². The number of para-hydroxylation sites is 1. The maximum atomic E-state index is 12.6. The van der Waals surface area contributed by atoms with Crippen molar-refractivity contribution in [3.05, 3.63) is 95.8 Å². The van der Waals surface area contributed by atoms with Crippen LogP contribution in [-0.4, -0.2) is 16.9 Å². The molecule has 0 aliphatic heterocycles. The maximum Gasteiger partial charge on any atom is 0.257 e. The number of carbonyl (C=O) groups excluding carboxylic acids is 1. The van der Waals surface area contributed by atoms with Crippen molar-refractivity contribution in [3.8, 4) is 0 Å². The summed E-state index contributed by atoms with van der Waals surface area (Å²) in [4.78, 5) is 21.4. The van der Waals surface area contributed by atoms with Gasteiger partial charge in [-0.3, -0.25) is 15.1 Å². The van der Waals surface area contributed by atoms with Gasteiger partial charge >= 0.3 is 0 Å². The quantitative estimate of drug-likeness (QED) is 0.534. The van der Waals surface area contributed by atoms with E-state index in [9.17, 15) is 4.79 Å². The molecule has 5 heteroatoms. The minimum atomic E-state index is -0.208. The molecule has 0 saturated heterocycles. The van der Waals surface area contributed by atoms with Crippen LogP contribution < -0.4 is 10.6 Å². The van der Waals surface area contributed by atoms with E-state index < -0.39 is 0 Å². The number of amides is 1. The number of pyridine rings is 1. The number of carbonyl (C=O) groups is 1. The van der Waals surface area contributed by atoms with E-state index in [1.165, 1.54) is 5.56 Å². The van der Waals surface area contributed by atoms with Crippen LogP contribution in [-0.2, 0) is 13.0 Å². The Hall–Kier alpha value is -3.47. The molecule has 0 aliphatic carbocycles. The average molecular weight is 358 g/mol. The summed E-state index contributed by atoms with van der Waals surface area (Å²) in [6.07, 6.45) is 2.66. The molecule has 1 aromatic heterocycles. The number of anilines is 1. The first-order valence-corrected chi connectivity index (χ1v) is 8.91. The summed E-state index contributed by atoms with van der Waals surface area (Å²) in [6.45, 7) is 2.45. The van der Waals surface area contributed by atoms with Gasteiger partial charge in [0, 0.05) is 17.4 Å². The van der Waals surface area contributed by atoms with Gasteiger partial charge < -0.3 is 5.32 Å². The number of aryl methyl sites for hydroxylation is 1. The molecular formula is C22H22N4O. The van der Waals surface area contributed by atoms with Gasteiger partial charge in [-0.25, -0.2) is 4.99 Å². The molecular weight excluding hydrogens is 336 g/mol. The van der Waals surface area contributed by atoms with Gasteiger partial charge in [0.1, 0.15) is 0 Å². The molecule has 3 aromatic rings. The molecule has 0 fully saturated rings. The zero-order valence-corrected chi connectivity index (χ0v) is 15.2. The first-order valence-electron chi connectivity index (χ1n) is 8.91. The van der Waals surface area contributed by atoms with E-state index in [0.29, 0.717) is 18.1 Å². The number of rotatable bonds is 5. The van der Waals surface area contributed by atoms with Crippen LogP contribution in [0.3, 0.4) is 0 Å². The van der Waals surface area contributed by atoms with E-state index in [1.54, 1.807) is 6.20 Å². The summed E-state index contributed by atoms with van der Waals surface area (Å²) in [6, 6.07) is 22.9. The largest absolute Gasteiger partial charge is 0.326 e. The lowest BCUT2D eigenvalue weighted by atomic mass is 10.1. The monoisotopic (exact) mass is 358 g/mol. The van der Waals surface area contributed by atoms with E-state index in [-0.39, 0.29) is 5.91 Å². The summed E-state index contributed by atoms with van der Waals surface area (Å²) in [7, 11) is 0. The molecule has 0 bridgehead atoms. The van der Waals surface area contributed by atoms with Crippen molar-refractivity contribution in [1.82, 2.24) is 10.3 Å². The van der Waals surface area contributed by atoms with Gasteiger partial charge in [-0.2, -0.15) is 0 Å². The third kappa shape index (κ3) is 5.51. The molecule has 136 valence electrons. The zero-order valence-electron chi connectivity index (χ0n) is 15.2. The van der Waals surface area contributed by atoms with Crippen LogP contribution in [0.1, 0.15) is 28.5 Å². The second-order valence-corrected chi connectivity index (χ2v) is 5.98. The lowest BCUT2D eigenvalue weighted by Gasteiger charge is -2.12. The smallest absolute Gasteiger partial charge is 0.257 e. The third-order valence-corrected chi connectivity index (χ3v) is 4.02. The van der Waals surface area contributed by atoms with E-state index in [0.717, 1.165) is 17.8 Å². The van der Waals surface area contributed by atoms with Crippen molar-refractivity contribution in [1.29, 1.82) is 0 Å². The lowest BCUT2D eigenvalue weighted by Crippen LogP contribution is -2.36. The van der Waals surface area contributed by atoms with Gasteiger partial charge in [-0.1, -0.05) is 43.3 Å². The molecule has 2 N–H and O–H groups in total. The molecule has 2 aromatic carbocycles. The van der Waals surface area contributed by atoms with Gasteiger partial charge in [0.25, 0.3) is 5.91 Å². The first kappa shape index (κ1) is 18.3. The molecule has 3 rings (SSSR count). The molecule has 5 nitrogen and oxygen atoms in total. The minimum absolute atomic E-state index is 0.208. The number of aromatic nitrogens is 1. The number of benzene rings is 2. The Labute approximate surface area is 159 Å². The Morgan fingerprint density at radius 2 is 1.70 bits per heavy atom. The van der Waals surface area contributed by atoms with Crippen molar-refractivity contribution in [2.24, 2.45) is 4.99 Å². The van der Waals surface area contributed by atoms with E-state index in [2.05, 4.69) is 27.5 Å². The summed E-state index contributed by atoms with van der Waals surface area (Å²) in [5, 5.41) is 6.02. The van der Waals surface area contributed by atoms with Crippen molar-refractivity contribution in [3.63, 3.8) is 0 Å². The number of nitrogens with zero attached hydrogens (tertiary/aromatic N) is 2. The van der Waals surface area contributed by atoms with Crippen LogP contribution in [0.15, 0.2) is 84.0 Å². The van der Waals surface area contributed by atoms with Crippen molar-refractivity contribution >= 4 is 17.6 Å². The maximum absolute atomic E-state index is 12.6. The van der Waals surface area contributed by atoms with Crippen LogP contribution in [0.5, 0.6) is 0 Å². The highest BCUT2D eigenvalue weighted by Crippen LogP contribution is 2.07. The number of hydrogen-bond donors (Lipinski definition) is 2. The van der Waals surface area contributed by atoms with Crippen LogP contribution >= 0.6 is 0 Å². The fraction of sp³-hybridized carbons (Fsp3) is 0.136. The molecule has 0 spiro atoms. The minimum Gasteiger partial charge on any atom is -0.326 e. The average Bonchev–Trinajstić information content (AvgIpc) is 2.73. The van der Waals surface area contributed by atoms with Crippen molar-refractivity contribution in [2.45, 2.75) is 19.9 Å². The van der Waals surface area contributed by atoms with Crippen LogP contribution in [0.2, 0.25) is 0 Å². The number of hydrogen-bond acceptors (Lipinski definition) is 3. The summed E-state index contributed by atoms with van der Waals surface area (Å²) < 4.78 is 0. The summed E-state index contributed by atoms with van der Waals surface area (Å²) >= 11 is 0. The molecule has 0 atom stereocenters. The standard InChI is InChI=1S/C22H22N4O/c1-2-17-11-13-18(14-12-17)21(27)26-22(25-19-8-4-3-5-9-19)24-16-20-10-6-7-15-23-20/h3-15H,2,16H2,1H3,(H2,24,25,26,27). The van der Waals surface area contributed by atoms with Crippen LogP contribution in [0, 0.1) is 0 Å². The summed E-state index contributed by atoms with van der Waals surface area (Å²) in [5.74, 6) is 0.178. The lowest BCUT2D eigenvalue weighted by molar-refractivity contribution is 0.0977. The number of nitrogens with one attached hydrogen (secondary N) is 2. The molecule has 27 heavy (non-hydrogen) atoms. The van der Waals surface area contributed by atoms with Gasteiger partial charge in [-0.15, -0.1) is 0 Å². The molecule has 0 aliphatic rings. The Bertz CT molecular complexity index is 891. The predicted molar refractivity (Wildman–Crippen MR) is 109 cm³/mol. The van der Waals surface area contributed by atoms with Crippen molar-refractivity contribution < 1.29 is 4.79 Å². The van der Waals surface area contributed by atoms with Gasteiger partial charge in [0.2, 0.25) is 5.96 Å². The molecule has 1 heterocycles.